The highest BCUT2D eigenvalue weighted by atomic mass is 35.5. The molecule has 2 aromatic carbocycles. The van der Waals surface area contributed by atoms with Crippen LogP contribution in [0.15, 0.2) is 60.7 Å². The van der Waals surface area contributed by atoms with Crippen LogP contribution in [-0.4, -0.2) is 72.6 Å². The summed E-state index contributed by atoms with van der Waals surface area (Å²) in [7, 11) is 0. The van der Waals surface area contributed by atoms with E-state index >= 15 is 0 Å². The Bertz CT molecular complexity index is 1160. The van der Waals surface area contributed by atoms with Crippen LogP contribution in [0.2, 0.25) is 5.02 Å². The second-order valence-electron chi connectivity index (χ2n) is 8.93. The highest BCUT2D eigenvalue weighted by Gasteiger charge is 2.45. The third kappa shape index (κ3) is 5.64. The lowest BCUT2D eigenvalue weighted by molar-refractivity contribution is -0.140. The molecule has 1 atom stereocenters. The SMILES string of the molecule is C=CCOc1ccc(/C(O)=C2/C(=O)C(=O)N(CCCN3CCOCC3)C2c2ccc(Cl)cc2)cc1C. The minimum Gasteiger partial charge on any atom is -0.507 e. The number of likely N-dealkylation sites (tertiary alicyclic amines) is 1. The number of hydrogen-bond acceptors (Lipinski definition) is 6. The molecule has 2 saturated heterocycles. The van der Waals surface area contributed by atoms with Crippen LogP contribution >= 0.6 is 11.6 Å². The van der Waals surface area contributed by atoms with E-state index in [2.05, 4.69) is 11.5 Å². The Morgan fingerprint density at radius 1 is 1.17 bits per heavy atom. The molecule has 8 heteroatoms. The largest absolute Gasteiger partial charge is 0.507 e. The molecule has 2 aliphatic rings. The first kappa shape index (κ1) is 25.9. The maximum Gasteiger partial charge on any atom is 0.295 e. The summed E-state index contributed by atoms with van der Waals surface area (Å²) in [6.07, 6.45) is 2.35. The van der Waals surface area contributed by atoms with Crippen LogP contribution in [-0.2, 0) is 14.3 Å². The molecule has 2 aromatic rings. The Balaban J connectivity index is 1.66. The Morgan fingerprint density at radius 2 is 1.89 bits per heavy atom. The zero-order valence-electron chi connectivity index (χ0n) is 20.4. The van der Waals surface area contributed by atoms with Gasteiger partial charge in [0.2, 0.25) is 0 Å². The van der Waals surface area contributed by atoms with Gasteiger partial charge in [0.05, 0.1) is 24.8 Å². The van der Waals surface area contributed by atoms with Crippen molar-refractivity contribution in [3.63, 3.8) is 0 Å². The average Bonchev–Trinajstić information content (AvgIpc) is 3.13. The lowest BCUT2D eigenvalue weighted by Gasteiger charge is -2.29. The summed E-state index contributed by atoms with van der Waals surface area (Å²) in [5, 5.41) is 11.9. The van der Waals surface area contributed by atoms with Gasteiger partial charge in [0.25, 0.3) is 11.7 Å². The van der Waals surface area contributed by atoms with Crippen molar-refractivity contribution in [1.82, 2.24) is 9.80 Å². The highest BCUT2D eigenvalue weighted by molar-refractivity contribution is 6.46. The molecule has 0 spiro atoms. The van der Waals surface area contributed by atoms with Gasteiger partial charge in [0.15, 0.2) is 0 Å². The molecular formula is C28H31ClN2O5. The van der Waals surface area contributed by atoms with Crippen molar-refractivity contribution in [2.24, 2.45) is 0 Å². The minimum atomic E-state index is -0.705. The Labute approximate surface area is 216 Å². The molecule has 1 amide bonds. The topological polar surface area (TPSA) is 79.3 Å². The van der Waals surface area contributed by atoms with Crippen molar-refractivity contribution in [3.05, 3.63) is 82.4 Å². The number of ether oxygens (including phenoxy) is 2. The summed E-state index contributed by atoms with van der Waals surface area (Å²) < 4.78 is 11.0. The number of rotatable bonds is 9. The molecule has 0 saturated carbocycles. The number of carbonyl (C=O) groups excluding carboxylic acids is 2. The van der Waals surface area contributed by atoms with Crippen LogP contribution in [0.3, 0.4) is 0 Å². The number of aliphatic hydroxyl groups excluding tert-OH is 1. The van der Waals surface area contributed by atoms with E-state index in [1.807, 2.05) is 6.92 Å². The second-order valence-corrected chi connectivity index (χ2v) is 9.37. The van der Waals surface area contributed by atoms with Gasteiger partial charge in [-0.05, 0) is 54.8 Å². The predicted molar refractivity (Wildman–Crippen MR) is 139 cm³/mol. The molecule has 2 fully saturated rings. The number of ketones is 1. The number of hydrogen-bond donors (Lipinski definition) is 1. The van der Waals surface area contributed by atoms with E-state index in [-0.39, 0.29) is 11.3 Å². The Kier molecular flexibility index (Phi) is 8.46. The molecule has 2 aliphatic heterocycles. The Hall–Kier alpha value is -3.13. The van der Waals surface area contributed by atoms with Crippen molar-refractivity contribution in [1.29, 1.82) is 0 Å². The molecule has 0 aromatic heterocycles. The molecule has 2 heterocycles. The number of aryl methyl sites for hydroxylation is 1. The van der Waals surface area contributed by atoms with Gasteiger partial charge < -0.3 is 19.5 Å². The molecule has 0 aliphatic carbocycles. The van der Waals surface area contributed by atoms with Gasteiger partial charge in [-0.15, -0.1) is 0 Å². The summed E-state index contributed by atoms with van der Waals surface area (Å²) >= 11 is 6.10. The number of halogens is 1. The van der Waals surface area contributed by atoms with Crippen LogP contribution in [0.4, 0.5) is 0 Å². The van der Waals surface area contributed by atoms with Gasteiger partial charge in [-0.1, -0.05) is 36.4 Å². The molecule has 190 valence electrons. The van der Waals surface area contributed by atoms with E-state index in [0.717, 1.165) is 25.2 Å². The summed E-state index contributed by atoms with van der Waals surface area (Å²) in [6, 6.07) is 11.5. The summed E-state index contributed by atoms with van der Waals surface area (Å²) in [6.45, 7) is 10.2. The Morgan fingerprint density at radius 3 is 2.56 bits per heavy atom. The van der Waals surface area contributed by atoms with Crippen LogP contribution in [0.1, 0.15) is 29.2 Å². The maximum absolute atomic E-state index is 13.2. The lowest BCUT2D eigenvalue weighted by atomic mass is 9.94. The second kappa shape index (κ2) is 11.7. The molecule has 1 N–H and O–H groups in total. The smallest absolute Gasteiger partial charge is 0.295 e. The molecule has 1 unspecified atom stereocenters. The molecular weight excluding hydrogens is 480 g/mol. The van der Waals surface area contributed by atoms with Crippen molar-refractivity contribution in [2.45, 2.75) is 19.4 Å². The van der Waals surface area contributed by atoms with Crippen molar-refractivity contribution < 1.29 is 24.2 Å². The van der Waals surface area contributed by atoms with E-state index in [4.69, 9.17) is 21.1 Å². The van der Waals surface area contributed by atoms with Gasteiger partial charge in [0, 0.05) is 36.8 Å². The molecule has 0 radical (unpaired) electrons. The molecule has 0 bridgehead atoms. The third-order valence-electron chi connectivity index (χ3n) is 6.51. The standard InChI is InChI=1S/C28H31ClN2O5/c1-3-15-36-23-10-7-21(18-19(23)2)26(32)24-25(20-5-8-22(29)9-6-20)31(28(34)27(24)33)12-4-11-30-13-16-35-17-14-30/h3,5-10,18,25,32H,1,4,11-17H2,2H3/b26-24-. The average molecular weight is 511 g/mol. The van der Waals surface area contributed by atoms with Crippen molar-refractivity contribution in [2.75, 3.05) is 46.0 Å². The van der Waals surface area contributed by atoms with Crippen molar-refractivity contribution in [3.8, 4) is 5.75 Å². The van der Waals surface area contributed by atoms with Gasteiger partial charge >= 0.3 is 0 Å². The lowest BCUT2D eigenvalue weighted by Crippen LogP contribution is -2.38. The normalized spacial score (nSPS) is 20.1. The quantitative estimate of drug-likeness (QED) is 0.234. The van der Waals surface area contributed by atoms with Crippen LogP contribution in [0.5, 0.6) is 5.75 Å². The van der Waals surface area contributed by atoms with Gasteiger partial charge in [-0.2, -0.15) is 0 Å². The summed E-state index contributed by atoms with van der Waals surface area (Å²) in [5.74, 6) is -0.851. The number of benzene rings is 2. The fourth-order valence-corrected chi connectivity index (χ4v) is 4.78. The van der Waals surface area contributed by atoms with E-state index in [1.54, 1.807) is 53.4 Å². The first-order chi connectivity index (χ1) is 17.4. The monoisotopic (exact) mass is 510 g/mol. The van der Waals surface area contributed by atoms with E-state index in [9.17, 15) is 14.7 Å². The number of Topliss-reactive ketones (excluding diaryl/α,β-unsaturated/α-hetero) is 1. The van der Waals surface area contributed by atoms with Crippen LogP contribution in [0.25, 0.3) is 5.76 Å². The first-order valence-corrected chi connectivity index (χ1v) is 12.5. The van der Waals surface area contributed by atoms with Crippen molar-refractivity contribution >= 4 is 29.1 Å². The molecule has 4 rings (SSSR count). The zero-order chi connectivity index (χ0) is 25.7. The highest BCUT2D eigenvalue weighted by Crippen LogP contribution is 2.40. The fraction of sp³-hybridized carbons (Fsp3) is 0.357. The zero-order valence-corrected chi connectivity index (χ0v) is 21.2. The fourth-order valence-electron chi connectivity index (χ4n) is 4.65. The molecule has 36 heavy (non-hydrogen) atoms. The van der Waals surface area contributed by atoms with Gasteiger partial charge in [0.1, 0.15) is 18.1 Å². The summed E-state index contributed by atoms with van der Waals surface area (Å²) in [5.41, 5.74) is 2.04. The van der Waals surface area contributed by atoms with Gasteiger partial charge in [-0.25, -0.2) is 0 Å². The predicted octanol–water partition coefficient (Wildman–Crippen LogP) is 4.36. The third-order valence-corrected chi connectivity index (χ3v) is 6.76. The minimum absolute atomic E-state index is 0.0767. The van der Waals surface area contributed by atoms with Gasteiger partial charge in [-0.3, -0.25) is 14.5 Å². The van der Waals surface area contributed by atoms with E-state index in [1.165, 1.54) is 0 Å². The number of nitrogens with zero attached hydrogens (tertiary/aromatic N) is 2. The van der Waals surface area contributed by atoms with E-state index in [0.29, 0.717) is 54.7 Å². The van der Waals surface area contributed by atoms with Crippen LogP contribution < -0.4 is 4.74 Å². The van der Waals surface area contributed by atoms with E-state index < -0.39 is 17.7 Å². The number of aliphatic hydroxyl groups is 1. The molecule has 7 nitrogen and oxygen atoms in total. The number of carbonyl (C=O) groups is 2. The first-order valence-electron chi connectivity index (χ1n) is 12.1. The number of amides is 1. The van der Waals surface area contributed by atoms with Crippen LogP contribution in [0, 0.1) is 6.92 Å². The number of morpholine rings is 1. The maximum atomic E-state index is 13.2. The summed E-state index contributed by atoms with van der Waals surface area (Å²) in [4.78, 5) is 30.3.